The van der Waals surface area contributed by atoms with Crippen LogP contribution in [0.5, 0.6) is 5.75 Å². The number of carbonyl (C=O) groups excluding carboxylic acids is 4. The van der Waals surface area contributed by atoms with Crippen molar-refractivity contribution in [3.63, 3.8) is 0 Å². The first-order chi connectivity index (χ1) is 33.2. The lowest BCUT2D eigenvalue weighted by atomic mass is 9.93. The third-order valence-electron chi connectivity index (χ3n) is 11.0. The zero-order valence-corrected chi connectivity index (χ0v) is 38.3. The Morgan fingerprint density at radius 1 is 0.912 bits per heavy atom. The van der Waals surface area contributed by atoms with Gasteiger partial charge in [0.1, 0.15) is 18.7 Å². The second kappa shape index (κ2) is 28.6. The van der Waals surface area contributed by atoms with Crippen LogP contribution >= 0.6 is 0 Å². The van der Waals surface area contributed by atoms with Gasteiger partial charge in [0.05, 0.1) is 107 Å². The minimum Gasteiger partial charge on any atom is -0.494 e. The number of ketones is 1. The maximum absolute atomic E-state index is 13.8. The van der Waals surface area contributed by atoms with Crippen LogP contribution in [0.25, 0.3) is 22.3 Å². The number of pyridine rings is 1. The number of methoxy groups -OCH3 is 1. The third kappa shape index (κ3) is 15.2. The molecule has 1 aliphatic rings. The molecule has 0 spiro atoms. The number of amides is 3. The summed E-state index contributed by atoms with van der Waals surface area (Å²) in [6.45, 7) is 4.44. The zero-order valence-electron chi connectivity index (χ0n) is 38.3. The number of allylic oxidation sites excluding steroid dienone is 1. The molecule has 0 saturated carbocycles. The first-order valence-corrected chi connectivity index (χ1v) is 22.5. The Hall–Kier alpha value is -6.56. The average Bonchev–Trinajstić information content (AvgIpc) is 4.05. The van der Waals surface area contributed by atoms with Crippen LogP contribution in [0.3, 0.4) is 0 Å². The quantitative estimate of drug-likeness (QED) is 0.0162. The molecule has 0 bridgehead atoms. The number of aromatic nitrogens is 5. The standard InChI is InChI=1S/C47H60N10O11/c1-3-20-65-22-24-67-26-27-68-25-23-66-21-13-40(60)49-14-7-16-55(36(31-58)32-59)17-8-15-50-46(62)44-53-33-57(54-44)45-42-41(39(64-2)30-52-45)38(29-51-42)43(61)47(63)56-18-11-35(12-19-56)37(28-48)34-9-5-4-6-10-34/h1,4-6,9-10,29-30,33,36,51,58-59H,7-8,11-27,31-32H2,2H3,(H,49,60)(H,50,62). The number of aliphatic hydroxyl groups is 2. The molecule has 364 valence electrons. The molecule has 1 aliphatic heterocycles. The maximum Gasteiger partial charge on any atom is 0.295 e. The number of fused-ring (bicyclic) bond motifs is 1. The Kier molecular flexibility index (Phi) is 22.0. The van der Waals surface area contributed by atoms with Crippen LogP contribution in [-0.2, 0) is 28.5 Å². The number of terminal acetylenes is 1. The number of nitrogens with one attached hydrogen (secondary N) is 3. The number of likely N-dealkylation sites (tertiary alicyclic amines) is 1. The predicted molar refractivity (Wildman–Crippen MR) is 248 cm³/mol. The molecule has 0 radical (unpaired) electrons. The number of ether oxygens (including phenoxy) is 5. The van der Waals surface area contributed by atoms with Crippen molar-refractivity contribution in [2.45, 2.75) is 38.1 Å². The molecule has 5 rings (SSSR count). The molecular formula is C47H60N10O11. The Balaban J connectivity index is 1.05. The van der Waals surface area contributed by atoms with Gasteiger partial charge in [-0.25, -0.2) is 9.97 Å². The number of hydrogen-bond donors (Lipinski definition) is 5. The minimum atomic E-state index is -0.745. The van der Waals surface area contributed by atoms with E-state index in [1.807, 2.05) is 35.2 Å². The second-order valence-electron chi connectivity index (χ2n) is 15.4. The summed E-state index contributed by atoms with van der Waals surface area (Å²) in [7, 11) is 1.42. The molecule has 4 heterocycles. The minimum absolute atomic E-state index is 0.0773. The van der Waals surface area contributed by atoms with Gasteiger partial charge in [0.15, 0.2) is 5.82 Å². The van der Waals surface area contributed by atoms with Crippen LogP contribution in [0.4, 0.5) is 0 Å². The highest BCUT2D eigenvalue weighted by molar-refractivity contribution is 6.45. The van der Waals surface area contributed by atoms with E-state index in [4.69, 9.17) is 30.1 Å². The average molecular weight is 941 g/mol. The summed E-state index contributed by atoms with van der Waals surface area (Å²) in [4.78, 5) is 67.8. The molecule has 5 N–H and O–H groups in total. The lowest BCUT2D eigenvalue weighted by Crippen LogP contribution is -2.43. The maximum atomic E-state index is 13.8. The molecule has 3 amide bonds. The molecule has 0 aliphatic carbocycles. The van der Waals surface area contributed by atoms with Crippen molar-refractivity contribution in [3.8, 4) is 30.0 Å². The topological polar surface area (TPSA) is 269 Å². The number of Topliss-reactive ketones (excluding diaryl/α,β-unsaturated/α-hetero) is 1. The van der Waals surface area contributed by atoms with Gasteiger partial charge in [-0.3, -0.25) is 24.1 Å². The van der Waals surface area contributed by atoms with Crippen LogP contribution in [0.15, 0.2) is 54.6 Å². The van der Waals surface area contributed by atoms with Gasteiger partial charge in [-0.1, -0.05) is 36.3 Å². The number of piperidine rings is 1. The molecule has 21 nitrogen and oxygen atoms in total. The number of aromatic amines is 1. The van der Waals surface area contributed by atoms with E-state index in [1.165, 1.54) is 35.4 Å². The lowest BCUT2D eigenvalue weighted by molar-refractivity contribution is -0.127. The van der Waals surface area contributed by atoms with E-state index < -0.39 is 23.6 Å². The van der Waals surface area contributed by atoms with E-state index in [2.05, 4.69) is 42.7 Å². The number of hydrogen-bond acceptors (Lipinski definition) is 16. The number of rotatable bonds is 30. The van der Waals surface area contributed by atoms with Gasteiger partial charge in [0, 0.05) is 51.9 Å². The summed E-state index contributed by atoms with van der Waals surface area (Å²) in [6.07, 6.45) is 11.3. The van der Waals surface area contributed by atoms with Crippen LogP contribution in [0, 0.1) is 23.7 Å². The summed E-state index contributed by atoms with van der Waals surface area (Å²) in [5.74, 6) is 0.532. The molecule has 0 unspecified atom stereocenters. The number of aliphatic hydroxyl groups excluding tert-OH is 2. The van der Waals surface area contributed by atoms with Crippen molar-refractivity contribution in [2.24, 2.45) is 0 Å². The summed E-state index contributed by atoms with van der Waals surface area (Å²) < 4.78 is 28.2. The first kappa shape index (κ1) is 52.4. The van der Waals surface area contributed by atoms with Gasteiger partial charge in [-0.05, 0) is 36.8 Å². The van der Waals surface area contributed by atoms with E-state index in [0.29, 0.717) is 101 Å². The molecule has 3 aromatic heterocycles. The fourth-order valence-corrected chi connectivity index (χ4v) is 7.41. The Morgan fingerprint density at radius 3 is 2.19 bits per heavy atom. The summed E-state index contributed by atoms with van der Waals surface area (Å²) in [5, 5.41) is 39.9. The molecule has 21 heteroatoms. The highest BCUT2D eigenvalue weighted by Gasteiger charge is 2.31. The van der Waals surface area contributed by atoms with Gasteiger partial charge in [-0.15, -0.1) is 11.5 Å². The smallest absolute Gasteiger partial charge is 0.295 e. The molecule has 0 atom stereocenters. The predicted octanol–water partition coefficient (Wildman–Crippen LogP) is 1.31. The highest BCUT2D eigenvalue weighted by Crippen LogP contribution is 2.33. The Morgan fingerprint density at radius 2 is 1.56 bits per heavy atom. The van der Waals surface area contributed by atoms with Crippen LogP contribution < -0.4 is 15.4 Å². The van der Waals surface area contributed by atoms with Crippen molar-refractivity contribution in [1.29, 1.82) is 5.26 Å². The SMILES string of the molecule is C#CCOCCOCCOCCOCCC(=O)NCCCN(CCCNC(=O)c1ncn(-c2ncc(OC)c3c(C(=O)C(=O)N4CCC(=C(C#N)c5ccccc5)CC4)c[nH]c23)n1)C(CO)CO. The largest absolute Gasteiger partial charge is 0.494 e. The monoisotopic (exact) mass is 940 g/mol. The van der Waals surface area contributed by atoms with Crippen molar-refractivity contribution in [3.05, 3.63) is 71.6 Å². The molecule has 68 heavy (non-hydrogen) atoms. The molecule has 1 aromatic carbocycles. The second-order valence-corrected chi connectivity index (χ2v) is 15.4. The van der Waals surface area contributed by atoms with Crippen molar-refractivity contribution >= 4 is 40.0 Å². The van der Waals surface area contributed by atoms with Crippen molar-refractivity contribution in [2.75, 3.05) is 112 Å². The van der Waals surface area contributed by atoms with Gasteiger partial charge in [0.25, 0.3) is 17.6 Å². The summed E-state index contributed by atoms with van der Waals surface area (Å²) in [6, 6.07) is 11.1. The van der Waals surface area contributed by atoms with E-state index in [-0.39, 0.29) is 81.3 Å². The summed E-state index contributed by atoms with van der Waals surface area (Å²) >= 11 is 0. The van der Waals surface area contributed by atoms with E-state index in [9.17, 15) is 34.7 Å². The Labute approximate surface area is 394 Å². The first-order valence-electron chi connectivity index (χ1n) is 22.5. The van der Waals surface area contributed by atoms with Gasteiger partial charge < -0.3 is 54.4 Å². The van der Waals surface area contributed by atoms with Crippen LogP contribution in [0.2, 0.25) is 0 Å². The highest BCUT2D eigenvalue weighted by atomic mass is 16.6. The zero-order chi connectivity index (χ0) is 48.5. The number of benzene rings is 1. The molecule has 1 saturated heterocycles. The van der Waals surface area contributed by atoms with Gasteiger partial charge in [0.2, 0.25) is 11.7 Å². The van der Waals surface area contributed by atoms with Crippen LogP contribution in [0.1, 0.15) is 58.6 Å². The van der Waals surface area contributed by atoms with Gasteiger partial charge in [-0.2, -0.15) is 9.94 Å². The third-order valence-corrected chi connectivity index (χ3v) is 11.0. The number of nitriles is 1. The Bertz CT molecular complexity index is 2360. The molecule has 4 aromatic rings. The van der Waals surface area contributed by atoms with Crippen molar-refractivity contribution in [1.82, 2.24) is 45.2 Å². The van der Waals surface area contributed by atoms with E-state index in [0.717, 1.165) is 11.1 Å². The number of carbonyl (C=O) groups is 4. The normalized spacial score (nSPS) is 12.6. The fraction of sp³-hybridized carbons (Fsp3) is 0.489. The van der Waals surface area contributed by atoms with Gasteiger partial charge >= 0.3 is 0 Å². The lowest BCUT2D eigenvalue weighted by Gasteiger charge is -2.29. The number of nitrogens with zero attached hydrogens (tertiary/aromatic N) is 7. The summed E-state index contributed by atoms with van der Waals surface area (Å²) in [5.41, 5.74) is 2.74. The number of H-pyrrole nitrogens is 1. The molecular weight excluding hydrogens is 881 g/mol. The van der Waals surface area contributed by atoms with E-state index in [1.54, 1.807) is 0 Å². The molecule has 1 fully saturated rings. The van der Waals surface area contributed by atoms with Crippen molar-refractivity contribution < 1.29 is 53.1 Å². The van der Waals surface area contributed by atoms with E-state index >= 15 is 0 Å². The fourth-order valence-electron chi connectivity index (χ4n) is 7.41. The van der Waals surface area contributed by atoms with Crippen LogP contribution in [-0.4, -0.2) is 187 Å².